The lowest BCUT2D eigenvalue weighted by molar-refractivity contribution is -0.143. The average Bonchev–Trinajstić information content (AvgIpc) is 3.50. The molecular weight excluding hydrogens is 398 g/mol. The van der Waals surface area contributed by atoms with Gasteiger partial charge in [0, 0.05) is 19.7 Å². The Morgan fingerprint density at radius 2 is 2.23 bits per heavy atom. The Labute approximate surface area is 180 Å². The van der Waals surface area contributed by atoms with E-state index in [9.17, 15) is 9.59 Å². The van der Waals surface area contributed by atoms with E-state index in [0.29, 0.717) is 25.4 Å². The van der Waals surface area contributed by atoms with Gasteiger partial charge in [0.25, 0.3) is 0 Å². The summed E-state index contributed by atoms with van der Waals surface area (Å²) in [6, 6.07) is 9.46. The van der Waals surface area contributed by atoms with Crippen molar-refractivity contribution >= 4 is 11.8 Å². The van der Waals surface area contributed by atoms with Crippen LogP contribution in [0.25, 0.3) is 0 Å². The van der Waals surface area contributed by atoms with Gasteiger partial charge in [-0.05, 0) is 24.6 Å². The minimum atomic E-state index is -0.732. The molecule has 2 amide bonds. The van der Waals surface area contributed by atoms with E-state index in [1.54, 1.807) is 30.0 Å². The molecule has 2 aromatic rings. The summed E-state index contributed by atoms with van der Waals surface area (Å²) in [6.45, 7) is 3.02. The van der Waals surface area contributed by atoms with Gasteiger partial charge in [-0.15, -0.1) is 0 Å². The smallest absolute Gasteiger partial charge is 0.230 e. The molecule has 1 spiro atoms. The van der Waals surface area contributed by atoms with E-state index in [-0.39, 0.29) is 17.9 Å². The first kappa shape index (κ1) is 19.8. The van der Waals surface area contributed by atoms with Gasteiger partial charge in [-0.3, -0.25) is 9.59 Å². The van der Waals surface area contributed by atoms with Crippen LogP contribution in [0.4, 0.5) is 0 Å². The summed E-state index contributed by atoms with van der Waals surface area (Å²) in [4.78, 5) is 30.1. The van der Waals surface area contributed by atoms with Gasteiger partial charge in [-0.25, -0.2) is 0 Å². The number of carbonyl (C=O) groups is 2. The van der Waals surface area contributed by atoms with Gasteiger partial charge < -0.3 is 23.8 Å². The maximum atomic E-state index is 13.4. The summed E-state index contributed by atoms with van der Waals surface area (Å²) in [5.41, 5.74) is 1.01. The Morgan fingerprint density at radius 3 is 2.97 bits per heavy atom. The Bertz CT molecular complexity index is 1060. The molecule has 3 aliphatic rings. The summed E-state index contributed by atoms with van der Waals surface area (Å²) < 4.78 is 16.8. The molecule has 2 fully saturated rings. The van der Waals surface area contributed by atoms with Crippen LogP contribution < -0.4 is 4.74 Å². The Balaban J connectivity index is 1.35. The van der Waals surface area contributed by atoms with E-state index < -0.39 is 17.4 Å². The molecule has 5 rings (SSSR count). The summed E-state index contributed by atoms with van der Waals surface area (Å²) in [5.74, 6) is 0.141. The van der Waals surface area contributed by atoms with Crippen molar-refractivity contribution in [2.24, 2.45) is 11.8 Å². The fraction of sp³-hybridized carbons (Fsp3) is 0.435. The van der Waals surface area contributed by atoms with E-state index in [0.717, 1.165) is 17.0 Å². The normalized spacial score (nSPS) is 28.3. The fourth-order valence-corrected chi connectivity index (χ4v) is 5.04. The third-order valence-electron chi connectivity index (χ3n) is 6.42. The fourth-order valence-electron chi connectivity index (χ4n) is 5.04. The lowest BCUT2D eigenvalue weighted by Crippen LogP contribution is -2.44. The number of fused-ring (bicyclic) bond motifs is 1. The molecule has 2 unspecified atom stereocenters. The lowest BCUT2D eigenvalue weighted by atomic mass is 9.76. The van der Waals surface area contributed by atoms with Crippen molar-refractivity contribution in [1.29, 1.82) is 0 Å². The van der Waals surface area contributed by atoms with Crippen LogP contribution in [0.1, 0.15) is 17.0 Å². The van der Waals surface area contributed by atoms with Gasteiger partial charge in [-0.2, -0.15) is 0 Å². The number of ether oxygens (including phenoxy) is 2. The van der Waals surface area contributed by atoms with Crippen molar-refractivity contribution in [2.45, 2.75) is 31.7 Å². The highest BCUT2D eigenvalue weighted by Gasteiger charge is 2.67. The van der Waals surface area contributed by atoms with Crippen molar-refractivity contribution < 1.29 is 23.6 Å². The van der Waals surface area contributed by atoms with Gasteiger partial charge >= 0.3 is 0 Å². The molecule has 3 aliphatic heterocycles. The molecule has 0 aliphatic carbocycles. The third kappa shape index (κ3) is 3.22. The van der Waals surface area contributed by atoms with E-state index in [1.807, 2.05) is 43.3 Å². The number of carbonyl (C=O) groups excluding carboxylic acids is 2. The van der Waals surface area contributed by atoms with Crippen LogP contribution in [-0.2, 0) is 27.4 Å². The average molecular weight is 423 g/mol. The number of aryl methyl sites for hydroxylation is 1. The summed E-state index contributed by atoms with van der Waals surface area (Å²) in [6.07, 6.45) is 3.52. The Morgan fingerprint density at radius 1 is 1.39 bits per heavy atom. The second kappa shape index (κ2) is 7.23. The molecule has 8 nitrogen and oxygen atoms in total. The van der Waals surface area contributed by atoms with Crippen molar-refractivity contribution in [1.82, 2.24) is 15.0 Å². The van der Waals surface area contributed by atoms with E-state index >= 15 is 0 Å². The molecule has 0 saturated carbocycles. The van der Waals surface area contributed by atoms with Crippen LogP contribution in [0.2, 0.25) is 0 Å². The number of benzene rings is 1. The van der Waals surface area contributed by atoms with Gasteiger partial charge in [0.1, 0.15) is 11.4 Å². The molecular formula is C23H25N3O5. The number of hydrogen-bond acceptors (Lipinski definition) is 6. The first-order chi connectivity index (χ1) is 14.9. The molecule has 4 heterocycles. The van der Waals surface area contributed by atoms with Gasteiger partial charge in [-0.1, -0.05) is 29.4 Å². The number of rotatable bonds is 6. The number of nitrogens with zero attached hydrogens (tertiary/aromatic N) is 3. The molecule has 2 saturated heterocycles. The highest BCUT2D eigenvalue weighted by Crippen LogP contribution is 2.52. The minimum absolute atomic E-state index is 0.0445. The number of aromatic nitrogens is 1. The van der Waals surface area contributed by atoms with Crippen LogP contribution in [-0.4, -0.2) is 59.2 Å². The minimum Gasteiger partial charge on any atom is -0.497 e. The zero-order chi connectivity index (χ0) is 21.8. The van der Waals surface area contributed by atoms with Crippen molar-refractivity contribution in [3.05, 3.63) is 59.5 Å². The zero-order valence-electron chi connectivity index (χ0n) is 17.8. The quantitative estimate of drug-likeness (QED) is 0.660. The number of methoxy groups -OCH3 is 1. The number of amides is 2. The van der Waals surface area contributed by atoms with E-state index in [4.69, 9.17) is 14.0 Å². The molecule has 1 aromatic carbocycles. The summed E-state index contributed by atoms with van der Waals surface area (Å²) in [7, 11) is 3.34. The lowest BCUT2D eigenvalue weighted by Gasteiger charge is -2.27. The van der Waals surface area contributed by atoms with E-state index in [2.05, 4.69) is 5.16 Å². The molecule has 0 N–H and O–H groups in total. The van der Waals surface area contributed by atoms with Crippen LogP contribution in [0, 0.1) is 18.8 Å². The molecule has 162 valence electrons. The largest absolute Gasteiger partial charge is 0.497 e. The second-order valence-electron chi connectivity index (χ2n) is 8.57. The molecule has 4 atom stereocenters. The highest BCUT2D eigenvalue weighted by molar-refractivity contribution is 5.93. The predicted octanol–water partition coefficient (Wildman–Crippen LogP) is 1.93. The molecule has 0 radical (unpaired) electrons. The van der Waals surface area contributed by atoms with Crippen molar-refractivity contribution in [3.63, 3.8) is 0 Å². The number of likely N-dealkylation sites (tertiary alicyclic amines) is 1. The van der Waals surface area contributed by atoms with Crippen LogP contribution >= 0.6 is 0 Å². The van der Waals surface area contributed by atoms with Gasteiger partial charge in [0.2, 0.25) is 11.8 Å². The first-order valence-corrected chi connectivity index (χ1v) is 10.4. The number of hydrogen-bond donors (Lipinski definition) is 0. The third-order valence-corrected chi connectivity index (χ3v) is 6.42. The van der Waals surface area contributed by atoms with Crippen molar-refractivity contribution in [3.8, 4) is 5.75 Å². The molecule has 2 bridgehead atoms. The summed E-state index contributed by atoms with van der Waals surface area (Å²) in [5, 5.41) is 3.87. The topological polar surface area (TPSA) is 85.1 Å². The predicted molar refractivity (Wildman–Crippen MR) is 110 cm³/mol. The van der Waals surface area contributed by atoms with Crippen LogP contribution in [0.15, 0.2) is 47.0 Å². The van der Waals surface area contributed by atoms with Gasteiger partial charge in [0.15, 0.2) is 5.76 Å². The SMILES string of the molecule is COc1cccc(CN2C[C@]34C=C[C@H](O3)C(C(=O)N(C)Cc3cc(C)no3)C4C2=O)c1. The molecule has 1 aromatic heterocycles. The monoisotopic (exact) mass is 423 g/mol. The second-order valence-corrected chi connectivity index (χ2v) is 8.57. The molecule has 8 heteroatoms. The van der Waals surface area contributed by atoms with E-state index in [1.165, 1.54) is 0 Å². The van der Waals surface area contributed by atoms with Crippen LogP contribution in [0.5, 0.6) is 5.75 Å². The van der Waals surface area contributed by atoms with Crippen LogP contribution in [0.3, 0.4) is 0 Å². The van der Waals surface area contributed by atoms with Gasteiger partial charge in [0.05, 0.1) is 43.8 Å². The highest BCUT2D eigenvalue weighted by atomic mass is 16.5. The molecule has 31 heavy (non-hydrogen) atoms. The standard InChI is InChI=1S/C23H25N3O5/c1-14-9-17(31-24-14)12-25(2)21(27)19-18-7-8-23(30-18)13-26(22(28)20(19)23)11-15-5-4-6-16(10-15)29-3/h4-10,18-20H,11-13H2,1-3H3/t18-,19?,20?,23-/m0/s1. The first-order valence-electron chi connectivity index (χ1n) is 10.4. The Hall–Kier alpha value is -3.13. The summed E-state index contributed by atoms with van der Waals surface area (Å²) >= 11 is 0. The maximum Gasteiger partial charge on any atom is 0.230 e. The maximum absolute atomic E-state index is 13.4. The Kier molecular flexibility index (Phi) is 4.62. The zero-order valence-corrected chi connectivity index (χ0v) is 17.8. The van der Waals surface area contributed by atoms with Crippen molar-refractivity contribution in [2.75, 3.05) is 20.7 Å².